The summed E-state index contributed by atoms with van der Waals surface area (Å²) in [7, 11) is 2.00. The van der Waals surface area contributed by atoms with Crippen molar-refractivity contribution in [2.45, 2.75) is 108 Å². The van der Waals surface area contributed by atoms with Gasteiger partial charge in [0.1, 0.15) is 11.9 Å². The lowest BCUT2D eigenvalue weighted by Gasteiger charge is -2.45. The number of unbranched alkanes of at least 4 members (excludes halogenated alkanes) is 1. The third-order valence-electron chi connectivity index (χ3n) is 10.8. The van der Waals surface area contributed by atoms with Crippen molar-refractivity contribution in [2.24, 2.45) is 5.41 Å². The summed E-state index contributed by atoms with van der Waals surface area (Å²) in [6.45, 7) is 10.4. The number of aliphatic carboxylic acids is 1. The van der Waals surface area contributed by atoms with Crippen LogP contribution in [0.25, 0.3) is 0 Å². The molecular weight excluding hydrogens is 554 g/mol. The van der Waals surface area contributed by atoms with Gasteiger partial charge in [0.05, 0.1) is 18.3 Å². The Balaban J connectivity index is 1.10. The third kappa shape index (κ3) is 6.28. The number of carboxylic acids is 1. The maximum atomic E-state index is 13.0. The number of rotatable bonds is 10. The second-order valence-corrected chi connectivity index (χ2v) is 14.3. The van der Waals surface area contributed by atoms with E-state index in [0.29, 0.717) is 26.4 Å². The van der Waals surface area contributed by atoms with E-state index in [4.69, 9.17) is 19.2 Å². The molecule has 0 bridgehead atoms. The quantitative estimate of drug-likeness (QED) is 0.308. The van der Waals surface area contributed by atoms with Crippen molar-refractivity contribution >= 4 is 11.8 Å². The van der Waals surface area contributed by atoms with Gasteiger partial charge in [-0.25, -0.2) is 4.98 Å². The molecule has 0 radical (unpaired) electrons. The number of aromatic nitrogens is 1. The highest BCUT2D eigenvalue weighted by molar-refractivity contribution is 5.76. The molecule has 2 N–H and O–H groups in total. The molecule has 1 aromatic carbocycles. The van der Waals surface area contributed by atoms with Crippen LogP contribution in [-0.4, -0.2) is 73.1 Å². The molecule has 4 aliphatic rings. The molecule has 0 amide bonds. The molecule has 44 heavy (non-hydrogen) atoms. The van der Waals surface area contributed by atoms with Gasteiger partial charge in [0, 0.05) is 56.9 Å². The van der Waals surface area contributed by atoms with Gasteiger partial charge in [0.15, 0.2) is 0 Å². The van der Waals surface area contributed by atoms with Crippen molar-refractivity contribution < 1.29 is 24.1 Å². The molecule has 3 aliphatic heterocycles. The number of nitrogens with zero attached hydrogens (tertiary/aromatic N) is 2. The van der Waals surface area contributed by atoms with Crippen LogP contribution in [-0.2, 0) is 37.4 Å². The minimum atomic E-state index is -0.797. The highest BCUT2D eigenvalue weighted by atomic mass is 16.5. The average Bonchev–Trinajstić information content (AvgIpc) is 3.33. The van der Waals surface area contributed by atoms with E-state index in [1.54, 1.807) is 0 Å². The van der Waals surface area contributed by atoms with Crippen LogP contribution in [0, 0.1) is 5.41 Å². The lowest BCUT2D eigenvalue weighted by molar-refractivity contribution is -0.144. The van der Waals surface area contributed by atoms with Crippen molar-refractivity contribution in [1.29, 1.82) is 0 Å². The third-order valence-corrected chi connectivity index (χ3v) is 10.8. The number of carboxylic acid groups (broad SMARTS) is 1. The van der Waals surface area contributed by atoms with E-state index in [2.05, 4.69) is 49.2 Å². The summed E-state index contributed by atoms with van der Waals surface area (Å²) in [6, 6.07) is 10.0. The molecule has 240 valence electrons. The van der Waals surface area contributed by atoms with E-state index in [1.165, 1.54) is 12.0 Å². The molecule has 4 heterocycles. The van der Waals surface area contributed by atoms with E-state index in [9.17, 15) is 9.90 Å². The zero-order valence-electron chi connectivity index (χ0n) is 27.1. The maximum Gasteiger partial charge on any atom is 0.325 e. The molecule has 1 saturated carbocycles. The van der Waals surface area contributed by atoms with Crippen molar-refractivity contribution in [2.75, 3.05) is 45.3 Å². The number of nitrogens with one attached hydrogen (secondary N) is 1. The van der Waals surface area contributed by atoms with Gasteiger partial charge in [-0.1, -0.05) is 45.0 Å². The molecule has 1 spiro atoms. The maximum absolute atomic E-state index is 13.0. The number of hydrogen-bond donors (Lipinski definition) is 2. The molecule has 3 unspecified atom stereocenters. The molecule has 2 aromatic rings. The second kappa shape index (κ2) is 13.1. The van der Waals surface area contributed by atoms with Crippen LogP contribution >= 0.6 is 0 Å². The highest BCUT2D eigenvalue weighted by Crippen LogP contribution is 2.48. The minimum Gasteiger partial charge on any atom is -0.480 e. The highest BCUT2D eigenvalue weighted by Gasteiger charge is 2.47. The van der Waals surface area contributed by atoms with Crippen LogP contribution in [0.5, 0.6) is 0 Å². The fourth-order valence-electron chi connectivity index (χ4n) is 8.20. The Labute approximate surface area is 262 Å². The van der Waals surface area contributed by atoms with Crippen LogP contribution in [0.1, 0.15) is 106 Å². The Morgan fingerprint density at radius 1 is 1.20 bits per heavy atom. The first-order valence-electron chi connectivity index (χ1n) is 16.8. The lowest BCUT2D eigenvalue weighted by atomic mass is 9.75. The SMILES string of the molecule is C[C@@H]1COC2(CCOCC2)c2cccc(C(C(=O)O)N(C)C3CC(OCCCCc4ccc5c(n4)NCCC5)C(C)(C)C3)c21. The molecular formula is C36H51N3O5. The number of fused-ring (bicyclic) bond motifs is 3. The predicted molar refractivity (Wildman–Crippen MR) is 171 cm³/mol. The zero-order chi connectivity index (χ0) is 30.9. The molecule has 1 aromatic heterocycles. The molecule has 2 fully saturated rings. The van der Waals surface area contributed by atoms with Gasteiger partial charge in [-0.2, -0.15) is 0 Å². The number of hydrogen-bond acceptors (Lipinski definition) is 7. The first-order chi connectivity index (χ1) is 21.2. The smallest absolute Gasteiger partial charge is 0.325 e. The zero-order valence-corrected chi connectivity index (χ0v) is 27.1. The van der Waals surface area contributed by atoms with E-state index in [1.807, 2.05) is 19.2 Å². The summed E-state index contributed by atoms with van der Waals surface area (Å²) in [4.78, 5) is 20.0. The van der Waals surface area contributed by atoms with Gasteiger partial charge in [-0.05, 0) is 85.7 Å². The van der Waals surface area contributed by atoms with Crippen molar-refractivity contribution in [1.82, 2.24) is 9.88 Å². The van der Waals surface area contributed by atoms with Gasteiger partial charge < -0.3 is 24.6 Å². The predicted octanol–water partition coefficient (Wildman–Crippen LogP) is 6.23. The number of ether oxygens (including phenoxy) is 3. The van der Waals surface area contributed by atoms with Crippen LogP contribution in [0.3, 0.4) is 0 Å². The number of benzene rings is 1. The summed E-state index contributed by atoms with van der Waals surface area (Å²) in [6.07, 6.45) is 8.71. The van der Waals surface area contributed by atoms with Gasteiger partial charge in [-0.3, -0.25) is 9.69 Å². The summed E-state index contributed by atoms with van der Waals surface area (Å²) in [5.41, 5.74) is 5.30. The van der Waals surface area contributed by atoms with Gasteiger partial charge >= 0.3 is 5.97 Å². The van der Waals surface area contributed by atoms with Crippen molar-refractivity contribution in [3.8, 4) is 0 Å². The summed E-state index contributed by atoms with van der Waals surface area (Å²) in [5.74, 6) is 0.400. The Morgan fingerprint density at radius 3 is 2.82 bits per heavy atom. The normalized spacial score (nSPS) is 26.2. The first-order valence-corrected chi connectivity index (χ1v) is 16.8. The number of pyridine rings is 1. The molecule has 6 rings (SSSR count). The second-order valence-electron chi connectivity index (χ2n) is 14.3. The van der Waals surface area contributed by atoms with Crippen LogP contribution < -0.4 is 5.32 Å². The fourth-order valence-corrected chi connectivity index (χ4v) is 8.20. The number of carbonyl (C=O) groups is 1. The topological polar surface area (TPSA) is 93.2 Å². The Kier molecular flexibility index (Phi) is 9.35. The summed E-state index contributed by atoms with van der Waals surface area (Å²) < 4.78 is 18.7. The lowest BCUT2D eigenvalue weighted by Crippen LogP contribution is -2.43. The van der Waals surface area contributed by atoms with Gasteiger partial charge in [0.25, 0.3) is 0 Å². The van der Waals surface area contributed by atoms with E-state index in [-0.39, 0.29) is 29.1 Å². The largest absolute Gasteiger partial charge is 0.480 e. The van der Waals surface area contributed by atoms with Crippen LogP contribution in [0.2, 0.25) is 0 Å². The minimum absolute atomic E-state index is 0.0307. The average molecular weight is 606 g/mol. The molecule has 4 atom stereocenters. The summed E-state index contributed by atoms with van der Waals surface area (Å²) in [5, 5.41) is 14.1. The Hall–Kier alpha value is -2.52. The molecule has 1 saturated heterocycles. The molecule has 8 heteroatoms. The molecule has 1 aliphatic carbocycles. The van der Waals surface area contributed by atoms with Crippen molar-refractivity contribution in [3.05, 3.63) is 58.3 Å². The first kappa shape index (κ1) is 31.5. The fraction of sp³-hybridized carbons (Fsp3) is 0.667. The van der Waals surface area contributed by atoms with Gasteiger partial charge in [0.2, 0.25) is 0 Å². The summed E-state index contributed by atoms with van der Waals surface area (Å²) >= 11 is 0. The standard InChI is InChI=1S/C36H51N3O5/c1-24-23-44-36(15-19-42-20-16-36)29-12-7-11-28(31(24)29)32(34(40)41)39(4)27-21-30(35(2,3)22-27)43-18-6-5-10-26-14-13-25-9-8-17-37-33(25)38-26/h7,11-14,24,27,30,32H,5-6,8-10,15-23H2,1-4H3,(H,37,38)(H,40,41)/t24-,27?,30?,32?/m1/s1. The van der Waals surface area contributed by atoms with E-state index < -0.39 is 12.0 Å². The van der Waals surface area contributed by atoms with Gasteiger partial charge in [-0.15, -0.1) is 0 Å². The van der Waals surface area contributed by atoms with Crippen LogP contribution in [0.15, 0.2) is 30.3 Å². The Morgan fingerprint density at radius 2 is 2.02 bits per heavy atom. The number of anilines is 1. The monoisotopic (exact) mass is 605 g/mol. The number of aryl methyl sites for hydroxylation is 2. The molecule has 8 nitrogen and oxygen atoms in total. The van der Waals surface area contributed by atoms with E-state index in [0.717, 1.165) is 86.1 Å². The van der Waals surface area contributed by atoms with Crippen LogP contribution in [0.4, 0.5) is 5.82 Å². The van der Waals surface area contributed by atoms with E-state index >= 15 is 0 Å². The Bertz CT molecular complexity index is 1320. The van der Waals surface area contributed by atoms with Crippen molar-refractivity contribution in [3.63, 3.8) is 0 Å². The number of likely N-dealkylation sites (N-methyl/N-ethyl adjacent to an activating group) is 1.